The van der Waals surface area contributed by atoms with E-state index in [2.05, 4.69) is 15.6 Å². The summed E-state index contributed by atoms with van der Waals surface area (Å²) in [5.74, 6) is 0.338. The van der Waals surface area contributed by atoms with E-state index in [4.69, 9.17) is 4.74 Å². The number of aryl methyl sites for hydroxylation is 1. The van der Waals surface area contributed by atoms with Crippen LogP contribution in [0.3, 0.4) is 0 Å². The molecule has 1 heterocycles. The summed E-state index contributed by atoms with van der Waals surface area (Å²) >= 11 is 0. The van der Waals surface area contributed by atoms with Crippen molar-refractivity contribution >= 4 is 17.9 Å². The van der Waals surface area contributed by atoms with Crippen molar-refractivity contribution in [1.29, 1.82) is 0 Å². The van der Waals surface area contributed by atoms with Gasteiger partial charge in [0.25, 0.3) is 5.91 Å². The Kier molecular flexibility index (Phi) is 6.28. The van der Waals surface area contributed by atoms with E-state index < -0.39 is 0 Å². The molecule has 130 valence electrons. The Bertz CT molecular complexity index is 800. The summed E-state index contributed by atoms with van der Waals surface area (Å²) in [6.45, 7) is 2.36. The van der Waals surface area contributed by atoms with Crippen LogP contribution >= 0.6 is 0 Å². The molecule has 0 unspecified atom stereocenters. The monoisotopic (exact) mass is 339 g/mol. The van der Waals surface area contributed by atoms with Gasteiger partial charge in [0.1, 0.15) is 5.75 Å². The van der Waals surface area contributed by atoms with Crippen molar-refractivity contribution in [3.63, 3.8) is 0 Å². The third-order valence-electron chi connectivity index (χ3n) is 3.62. The number of amides is 2. The number of carbonyl (C=O) groups excluding carboxylic acids is 2. The van der Waals surface area contributed by atoms with E-state index in [-0.39, 0.29) is 11.8 Å². The zero-order valence-electron chi connectivity index (χ0n) is 14.5. The van der Waals surface area contributed by atoms with Gasteiger partial charge in [-0.15, -0.1) is 0 Å². The van der Waals surface area contributed by atoms with E-state index in [1.54, 1.807) is 32.5 Å². The van der Waals surface area contributed by atoms with Gasteiger partial charge in [-0.25, -0.2) is 0 Å². The molecule has 0 saturated carbocycles. The van der Waals surface area contributed by atoms with Crippen molar-refractivity contribution < 1.29 is 14.3 Å². The van der Waals surface area contributed by atoms with Crippen LogP contribution in [-0.2, 0) is 11.3 Å². The van der Waals surface area contributed by atoms with Gasteiger partial charge in [-0.05, 0) is 41.8 Å². The minimum absolute atomic E-state index is 0.222. The molecule has 1 aromatic heterocycles. The standard InChI is InChI=1S/C19H21N3O3/c1-13-4-5-15(9-17(13)25-3)11-22-18(23)7-6-14-8-16(12-21-10-14)19(24)20-2/h4-10,12H,11H2,1-3H3,(H,20,24)(H,22,23). The van der Waals surface area contributed by atoms with Crippen molar-refractivity contribution in [1.82, 2.24) is 15.6 Å². The molecule has 0 saturated heterocycles. The summed E-state index contributed by atoms with van der Waals surface area (Å²) in [4.78, 5) is 27.5. The van der Waals surface area contributed by atoms with Gasteiger partial charge in [-0.2, -0.15) is 0 Å². The number of hydrogen-bond acceptors (Lipinski definition) is 4. The smallest absolute Gasteiger partial charge is 0.252 e. The Morgan fingerprint density at radius 1 is 1.24 bits per heavy atom. The first-order valence-electron chi connectivity index (χ1n) is 7.80. The summed E-state index contributed by atoms with van der Waals surface area (Å²) in [6, 6.07) is 7.46. The molecule has 0 spiro atoms. The number of carbonyl (C=O) groups is 2. The van der Waals surface area contributed by atoms with Crippen LogP contribution in [-0.4, -0.2) is 31.0 Å². The maximum absolute atomic E-state index is 12.0. The van der Waals surface area contributed by atoms with Crippen LogP contribution in [0, 0.1) is 6.92 Å². The Labute approximate surface area is 146 Å². The van der Waals surface area contributed by atoms with Crippen LogP contribution in [0.1, 0.15) is 27.0 Å². The second-order valence-electron chi connectivity index (χ2n) is 5.44. The van der Waals surface area contributed by atoms with E-state index in [1.165, 1.54) is 12.3 Å². The number of nitrogens with one attached hydrogen (secondary N) is 2. The van der Waals surface area contributed by atoms with Crippen molar-refractivity contribution in [2.75, 3.05) is 14.2 Å². The fraction of sp³-hybridized carbons (Fsp3) is 0.211. The number of rotatable bonds is 6. The molecule has 2 N–H and O–H groups in total. The van der Waals surface area contributed by atoms with E-state index in [0.29, 0.717) is 17.7 Å². The average molecular weight is 339 g/mol. The van der Waals surface area contributed by atoms with Crippen molar-refractivity contribution in [3.8, 4) is 5.75 Å². The highest BCUT2D eigenvalue weighted by Crippen LogP contribution is 2.18. The van der Waals surface area contributed by atoms with Crippen molar-refractivity contribution in [2.45, 2.75) is 13.5 Å². The molecule has 0 aliphatic rings. The largest absolute Gasteiger partial charge is 0.496 e. The average Bonchev–Trinajstić information content (AvgIpc) is 2.65. The van der Waals surface area contributed by atoms with Crippen LogP contribution in [0.4, 0.5) is 0 Å². The Morgan fingerprint density at radius 3 is 2.76 bits per heavy atom. The Hall–Kier alpha value is -3.15. The number of nitrogens with zero attached hydrogens (tertiary/aromatic N) is 1. The van der Waals surface area contributed by atoms with Crippen LogP contribution in [0.15, 0.2) is 42.7 Å². The van der Waals surface area contributed by atoms with E-state index in [9.17, 15) is 9.59 Å². The molecule has 0 aliphatic heterocycles. The van der Waals surface area contributed by atoms with E-state index >= 15 is 0 Å². The normalized spacial score (nSPS) is 10.5. The van der Waals surface area contributed by atoms with Gasteiger partial charge in [-0.1, -0.05) is 12.1 Å². The number of methoxy groups -OCH3 is 1. The lowest BCUT2D eigenvalue weighted by atomic mass is 10.1. The van der Waals surface area contributed by atoms with Crippen molar-refractivity contribution in [3.05, 3.63) is 65.0 Å². The quantitative estimate of drug-likeness (QED) is 0.790. The maximum atomic E-state index is 12.0. The summed E-state index contributed by atoms with van der Waals surface area (Å²) < 4.78 is 5.27. The molecule has 0 atom stereocenters. The molecule has 6 heteroatoms. The first kappa shape index (κ1) is 18.2. The number of pyridine rings is 1. The second-order valence-corrected chi connectivity index (χ2v) is 5.44. The first-order valence-corrected chi connectivity index (χ1v) is 7.80. The third kappa shape index (κ3) is 5.17. The van der Waals surface area contributed by atoms with Crippen LogP contribution in [0.5, 0.6) is 5.75 Å². The van der Waals surface area contributed by atoms with Gasteiger partial charge in [0.2, 0.25) is 5.91 Å². The van der Waals surface area contributed by atoms with E-state index in [1.807, 2.05) is 25.1 Å². The molecule has 0 bridgehead atoms. The summed E-state index contributed by atoms with van der Waals surface area (Å²) in [5, 5.41) is 5.34. The van der Waals surface area contributed by atoms with Gasteiger partial charge < -0.3 is 15.4 Å². The number of hydrogen-bond donors (Lipinski definition) is 2. The molecule has 0 fully saturated rings. The zero-order valence-corrected chi connectivity index (χ0v) is 14.5. The predicted molar refractivity (Wildman–Crippen MR) is 96.2 cm³/mol. The third-order valence-corrected chi connectivity index (χ3v) is 3.62. The molecule has 6 nitrogen and oxygen atoms in total. The summed E-state index contributed by atoms with van der Waals surface area (Å²) in [6.07, 6.45) is 6.09. The number of benzene rings is 1. The summed E-state index contributed by atoms with van der Waals surface area (Å²) in [7, 11) is 3.17. The summed E-state index contributed by atoms with van der Waals surface area (Å²) in [5.41, 5.74) is 3.11. The van der Waals surface area contributed by atoms with Crippen LogP contribution in [0.2, 0.25) is 0 Å². The van der Waals surface area contributed by atoms with E-state index in [0.717, 1.165) is 16.9 Å². The molecule has 25 heavy (non-hydrogen) atoms. The maximum Gasteiger partial charge on any atom is 0.252 e. The van der Waals surface area contributed by atoms with Gasteiger partial charge in [0, 0.05) is 32.1 Å². The molecular weight excluding hydrogens is 318 g/mol. The fourth-order valence-corrected chi connectivity index (χ4v) is 2.21. The van der Waals surface area contributed by atoms with Gasteiger partial charge >= 0.3 is 0 Å². The Morgan fingerprint density at radius 2 is 2.04 bits per heavy atom. The molecule has 1 aromatic carbocycles. The van der Waals surface area contributed by atoms with Crippen LogP contribution < -0.4 is 15.4 Å². The lowest BCUT2D eigenvalue weighted by Crippen LogP contribution is -2.20. The highest BCUT2D eigenvalue weighted by Gasteiger charge is 2.04. The second kappa shape index (κ2) is 8.63. The lowest BCUT2D eigenvalue weighted by Gasteiger charge is -2.08. The highest BCUT2D eigenvalue weighted by atomic mass is 16.5. The molecule has 2 amide bonds. The van der Waals surface area contributed by atoms with Gasteiger partial charge in [0.15, 0.2) is 0 Å². The van der Waals surface area contributed by atoms with Gasteiger partial charge in [0.05, 0.1) is 12.7 Å². The molecular formula is C19H21N3O3. The first-order chi connectivity index (χ1) is 12.0. The number of ether oxygens (including phenoxy) is 1. The lowest BCUT2D eigenvalue weighted by molar-refractivity contribution is -0.116. The molecule has 0 aliphatic carbocycles. The van der Waals surface area contributed by atoms with Crippen molar-refractivity contribution in [2.24, 2.45) is 0 Å². The topological polar surface area (TPSA) is 80.3 Å². The zero-order chi connectivity index (χ0) is 18.2. The fourth-order valence-electron chi connectivity index (χ4n) is 2.21. The number of aromatic nitrogens is 1. The minimum atomic E-state index is -0.232. The predicted octanol–water partition coefficient (Wildman–Crippen LogP) is 2.09. The van der Waals surface area contributed by atoms with Crippen LogP contribution in [0.25, 0.3) is 6.08 Å². The molecule has 2 aromatic rings. The molecule has 0 radical (unpaired) electrons. The SMILES string of the molecule is CNC(=O)c1cncc(C=CC(=O)NCc2ccc(C)c(OC)c2)c1. The Balaban J connectivity index is 1.96. The minimum Gasteiger partial charge on any atom is -0.496 e. The van der Waals surface area contributed by atoms with Gasteiger partial charge in [-0.3, -0.25) is 14.6 Å². The highest BCUT2D eigenvalue weighted by molar-refractivity contribution is 5.95. The molecule has 2 rings (SSSR count).